The van der Waals surface area contributed by atoms with Crippen LogP contribution >= 0.6 is 0 Å². The van der Waals surface area contributed by atoms with Gasteiger partial charge in [0.1, 0.15) is 0 Å². The molecule has 2 atom stereocenters. The summed E-state index contributed by atoms with van der Waals surface area (Å²) in [6.45, 7) is 0.488. The van der Waals surface area contributed by atoms with Crippen molar-refractivity contribution >= 4 is 23.2 Å². The average molecular weight is 488 g/mol. The standard InChI is InChI=1S/C27H25N3O6/c1-35-23-14-17-11-12-28(22-16-25(31)29(27(22)32)19-8-4-3-5-9-19)26(21(17)15-24(23)36-2)18-7-6-10-20(13-18)30(33)34/h3-10,13-15,22,26H,11-12,16H2,1-2H3/t22-,26-/m1/s1. The lowest BCUT2D eigenvalue weighted by atomic mass is 9.86. The predicted molar refractivity (Wildman–Crippen MR) is 132 cm³/mol. The number of hydrogen-bond donors (Lipinski definition) is 0. The minimum Gasteiger partial charge on any atom is -0.493 e. The molecule has 184 valence electrons. The van der Waals surface area contributed by atoms with Crippen molar-refractivity contribution in [1.29, 1.82) is 0 Å². The maximum atomic E-state index is 13.6. The highest BCUT2D eigenvalue weighted by molar-refractivity contribution is 6.22. The number of nitrogens with zero attached hydrogens (tertiary/aromatic N) is 3. The van der Waals surface area contributed by atoms with E-state index in [1.807, 2.05) is 29.2 Å². The van der Waals surface area contributed by atoms with Gasteiger partial charge in [0.05, 0.1) is 43.3 Å². The van der Waals surface area contributed by atoms with E-state index in [9.17, 15) is 19.7 Å². The van der Waals surface area contributed by atoms with Crippen molar-refractivity contribution in [3.8, 4) is 11.5 Å². The lowest BCUT2D eigenvalue weighted by molar-refractivity contribution is -0.384. The van der Waals surface area contributed by atoms with Crippen LogP contribution in [0.5, 0.6) is 11.5 Å². The quantitative estimate of drug-likeness (QED) is 0.295. The Hall–Kier alpha value is -4.24. The Morgan fingerprint density at radius 1 is 0.944 bits per heavy atom. The van der Waals surface area contributed by atoms with Crippen LogP contribution in [-0.2, 0) is 16.0 Å². The molecule has 1 saturated heterocycles. The fraction of sp³-hybridized carbons (Fsp3) is 0.259. The molecule has 0 unspecified atom stereocenters. The molecule has 3 aromatic rings. The van der Waals surface area contributed by atoms with E-state index >= 15 is 0 Å². The Bertz CT molecular complexity index is 1340. The molecular weight excluding hydrogens is 462 g/mol. The molecule has 0 N–H and O–H groups in total. The summed E-state index contributed by atoms with van der Waals surface area (Å²) in [5.74, 6) is 0.538. The van der Waals surface area contributed by atoms with Gasteiger partial charge < -0.3 is 9.47 Å². The van der Waals surface area contributed by atoms with E-state index in [0.717, 1.165) is 11.1 Å². The molecule has 0 aliphatic carbocycles. The molecule has 2 heterocycles. The third-order valence-electron chi connectivity index (χ3n) is 6.85. The molecule has 3 aromatic carbocycles. The molecule has 2 amide bonds. The molecular formula is C27H25N3O6. The normalized spacial score (nSPS) is 19.8. The Morgan fingerprint density at radius 3 is 2.36 bits per heavy atom. The number of fused-ring (bicyclic) bond motifs is 1. The number of carbonyl (C=O) groups is 2. The van der Waals surface area contributed by atoms with Crippen LogP contribution in [0.15, 0.2) is 66.7 Å². The number of nitro groups is 1. The first-order chi connectivity index (χ1) is 17.4. The molecule has 0 aromatic heterocycles. The summed E-state index contributed by atoms with van der Waals surface area (Å²) < 4.78 is 11.0. The number of nitro benzene ring substituents is 1. The first kappa shape index (κ1) is 23.5. The van der Waals surface area contributed by atoms with Gasteiger partial charge in [-0.3, -0.25) is 24.6 Å². The monoisotopic (exact) mass is 487 g/mol. The van der Waals surface area contributed by atoms with Gasteiger partial charge in [-0.25, -0.2) is 4.90 Å². The summed E-state index contributed by atoms with van der Waals surface area (Å²) in [6, 6.07) is 17.9. The number of hydrogen-bond acceptors (Lipinski definition) is 7. The summed E-state index contributed by atoms with van der Waals surface area (Å²) in [5, 5.41) is 11.5. The smallest absolute Gasteiger partial charge is 0.269 e. The fourth-order valence-corrected chi connectivity index (χ4v) is 5.20. The number of imide groups is 1. The van der Waals surface area contributed by atoms with Crippen molar-refractivity contribution < 1.29 is 24.0 Å². The average Bonchev–Trinajstić information content (AvgIpc) is 3.20. The van der Waals surface area contributed by atoms with Gasteiger partial charge in [-0.1, -0.05) is 30.3 Å². The van der Waals surface area contributed by atoms with Gasteiger partial charge in [0.2, 0.25) is 5.91 Å². The van der Waals surface area contributed by atoms with Crippen LogP contribution in [0.2, 0.25) is 0 Å². The van der Waals surface area contributed by atoms with E-state index in [1.54, 1.807) is 44.6 Å². The van der Waals surface area contributed by atoms with E-state index in [1.165, 1.54) is 17.0 Å². The van der Waals surface area contributed by atoms with Crippen LogP contribution < -0.4 is 14.4 Å². The van der Waals surface area contributed by atoms with Crippen molar-refractivity contribution in [2.45, 2.75) is 24.9 Å². The van der Waals surface area contributed by atoms with Gasteiger partial charge in [0.15, 0.2) is 11.5 Å². The highest BCUT2D eigenvalue weighted by Gasteiger charge is 2.46. The Kier molecular flexibility index (Phi) is 6.15. The van der Waals surface area contributed by atoms with Gasteiger partial charge in [-0.2, -0.15) is 0 Å². The van der Waals surface area contributed by atoms with E-state index in [2.05, 4.69) is 0 Å². The topological polar surface area (TPSA) is 102 Å². The summed E-state index contributed by atoms with van der Waals surface area (Å²) in [6.07, 6.45) is 0.645. The zero-order chi connectivity index (χ0) is 25.4. The van der Waals surface area contributed by atoms with E-state index in [0.29, 0.717) is 35.7 Å². The van der Waals surface area contributed by atoms with Crippen LogP contribution in [0.4, 0.5) is 11.4 Å². The third kappa shape index (κ3) is 3.97. The zero-order valence-electron chi connectivity index (χ0n) is 19.9. The molecule has 9 nitrogen and oxygen atoms in total. The van der Waals surface area contributed by atoms with Crippen molar-refractivity contribution in [2.75, 3.05) is 25.7 Å². The second-order valence-electron chi connectivity index (χ2n) is 8.77. The second-order valence-corrected chi connectivity index (χ2v) is 8.77. The Balaban J connectivity index is 1.62. The first-order valence-corrected chi connectivity index (χ1v) is 11.6. The van der Waals surface area contributed by atoms with Gasteiger partial charge in [-0.05, 0) is 47.4 Å². The van der Waals surface area contributed by atoms with Crippen molar-refractivity contribution in [3.63, 3.8) is 0 Å². The largest absolute Gasteiger partial charge is 0.493 e. The second kappa shape index (κ2) is 9.43. The Morgan fingerprint density at radius 2 is 1.67 bits per heavy atom. The minimum absolute atomic E-state index is 0.0295. The highest BCUT2D eigenvalue weighted by atomic mass is 16.6. The number of methoxy groups -OCH3 is 2. The van der Waals surface area contributed by atoms with E-state index < -0.39 is 17.0 Å². The maximum Gasteiger partial charge on any atom is 0.269 e. The lowest BCUT2D eigenvalue weighted by Crippen LogP contribution is -2.47. The first-order valence-electron chi connectivity index (χ1n) is 11.6. The third-order valence-corrected chi connectivity index (χ3v) is 6.85. The number of rotatable bonds is 6. The minimum atomic E-state index is -0.705. The van der Waals surface area contributed by atoms with Crippen LogP contribution in [0, 0.1) is 10.1 Å². The van der Waals surface area contributed by atoms with E-state index in [-0.39, 0.29) is 23.9 Å². The number of anilines is 1. The van der Waals surface area contributed by atoms with Crippen LogP contribution in [0.25, 0.3) is 0 Å². The lowest BCUT2D eigenvalue weighted by Gasteiger charge is -2.40. The number of para-hydroxylation sites is 1. The molecule has 36 heavy (non-hydrogen) atoms. The van der Waals surface area contributed by atoms with Gasteiger partial charge in [0, 0.05) is 18.7 Å². The molecule has 0 radical (unpaired) electrons. The van der Waals surface area contributed by atoms with Crippen molar-refractivity contribution in [1.82, 2.24) is 4.90 Å². The predicted octanol–water partition coefficient (Wildman–Crippen LogP) is 3.89. The maximum absolute atomic E-state index is 13.6. The van der Waals surface area contributed by atoms with Crippen LogP contribution in [0.3, 0.4) is 0 Å². The zero-order valence-corrected chi connectivity index (χ0v) is 19.9. The van der Waals surface area contributed by atoms with Gasteiger partial charge >= 0.3 is 0 Å². The van der Waals surface area contributed by atoms with E-state index in [4.69, 9.17) is 9.47 Å². The number of ether oxygens (including phenoxy) is 2. The SMILES string of the molecule is COc1cc2c(cc1OC)[C@@H](c1cccc([N+](=O)[O-])c1)N([C@@H]1CC(=O)N(c3ccccc3)C1=O)CC2. The summed E-state index contributed by atoms with van der Waals surface area (Å²) in [5.41, 5.74) is 3.01. The molecule has 9 heteroatoms. The molecule has 5 rings (SSSR count). The molecule has 0 spiro atoms. The van der Waals surface area contributed by atoms with Crippen LogP contribution in [0.1, 0.15) is 29.2 Å². The molecule has 2 aliphatic rings. The number of non-ortho nitro benzene ring substituents is 1. The summed E-state index contributed by atoms with van der Waals surface area (Å²) in [7, 11) is 3.11. The Labute approximate surface area is 208 Å². The molecule has 2 aliphatic heterocycles. The molecule has 0 saturated carbocycles. The van der Waals surface area contributed by atoms with Gasteiger partial charge in [0.25, 0.3) is 11.6 Å². The van der Waals surface area contributed by atoms with Crippen LogP contribution in [-0.4, -0.2) is 48.4 Å². The van der Waals surface area contributed by atoms with Crippen molar-refractivity contribution in [2.24, 2.45) is 0 Å². The fourth-order valence-electron chi connectivity index (χ4n) is 5.20. The van der Waals surface area contributed by atoms with Gasteiger partial charge in [-0.15, -0.1) is 0 Å². The number of carbonyl (C=O) groups excluding carboxylic acids is 2. The summed E-state index contributed by atoms with van der Waals surface area (Å²) in [4.78, 5) is 40.9. The van der Waals surface area contributed by atoms with Crippen molar-refractivity contribution in [3.05, 3.63) is 93.5 Å². The number of benzene rings is 3. The number of amides is 2. The molecule has 0 bridgehead atoms. The summed E-state index contributed by atoms with van der Waals surface area (Å²) >= 11 is 0. The molecule has 1 fully saturated rings. The highest BCUT2D eigenvalue weighted by Crippen LogP contribution is 2.43.